The lowest BCUT2D eigenvalue weighted by Crippen LogP contribution is -2.18. The minimum absolute atomic E-state index is 0.0850. The fraction of sp³-hybridized carbons (Fsp3) is 0.318. The Morgan fingerprint density at radius 2 is 1.79 bits per heavy atom. The van der Waals surface area contributed by atoms with Gasteiger partial charge in [0.2, 0.25) is 0 Å². The smallest absolute Gasteiger partial charge is 0.252 e. The summed E-state index contributed by atoms with van der Waals surface area (Å²) in [6, 6.07) is 9.67. The molecule has 150 valence electrons. The number of aryl methyl sites for hydroxylation is 2. The lowest BCUT2D eigenvalue weighted by molar-refractivity contribution is 0.0962. The van der Waals surface area contributed by atoms with Crippen LogP contribution in [0, 0.1) is 13.8 Å². The van der Waals surface area contributed by atoms with E-state index in [0.29, 0.717) is 5.56 Å². The van der Waals surface area contributed by atoms with Crippen molar-refractivity contribution in [2.24, 2.45) is 0 Å². The van der Waals surface area contributed by atoms with Gasteiger partial charge in [-0.3, -0.25) is 4.79 Å². The van der Waals surface area contributed by atoms with Crippen LogP contribution in [0.1, 0.15) is 49.4 Å². The molecule has 4 rings (SSSR count). The molecule has 1 amide bonds. The second kappa shape index (κ2) is 11.5. The third kappa shape index (κ3) is 5.94. The number of fused-ring (bicyclic) bond motifs is 2. The maximum absolute atomic E-state index is 11.3. The first-order valence-corrected chi connectivity index (χ1v) is 9.64. The minimum atomic E-state index is -0.0850. The molecule has 0 radical (unpaired) electrons. The maximum Gasteiger partial charge on any atom is 0.252 e. The van der Waals surface area contributed by atoms with E-state index >= 15 is 0 Å². The molecule has 4 aromatic heterocycles. The molecule has 0 atom stereocenters. The molecule has 0 aromatic carbocycles. The zero-order valence-electron chi connectivity index (χ0n) is 17.9. The number of carbonyl (C=O) groups excluding carboxylic acids is 1. The van der Waals surface area contributed by atoms with Crippen molar-refractivity contribution < 1.29 is 4.79 Å². The number of nitrogens with one attached hydrogen (secondary N) is 2. The molecule has 6 nitrogen and oxygen atoms in total. The summed E-state index contributed by atoms with van der Waals surface area (Å²) in [5, 5.41) is 3.76. The van der Waals surface area contributed by atoms with E-state index in [-0.39, 0.29) is 5.91 Å². The third-order valence-corrected chi connectivity index (χ3v) is 3.59. The molecule has 0 saturated carbocycles. The van der Waals surface area contributed by atoms with Gasteiger partial charge in [-0.1, -0.05) is 27.7 Å². The fourth-order valence-electron chi connectivity index (χ4n) is 2.49. The normalized spacial score (nSPS) is 9.39. The second-order valence-corrected chi connectivity index (χ2v) is 5.54. The fourth-order valence-corrected chi connectivity index (χ4v) is 2.49. The molecule has 4 aromatic rings. The first-order chi connectivity index (χ1) is 13.6. The van der Waals surface area contributed by atoms with E-state index in [9.17, 15) is 4.79 Å². The lowest BCUT2D eigenvalue weighted by Gasteiger charge is -1.99. The number of amides is 1. The van der Waals surface area contributed by atoms with Crippen molar-refractivity contribution in [2.75, 3.05) is 7.05 Å². The number of aromatic nitrogens is 4. The SMILES string of the molecule is CC.CC.CNC(=O)c1ccc2nc(C)cn2c1.Cc1cc2cccnc2[nH]1. The van der Waals surface area contributed by atoms with Crippen LogP contribution in [0.25, 0.3) is 16.7 Å². The zero-order chi connectivity index (χ0) is 21.1. The number of aromatic amines is 1. The monoisotopic (exact) mass is 381 g/mol. The van der Waals surface area contributed by atoms with E-state index in [1.54, 1.807) is 25.5 Å². The van der Waals surface area contributed by atoms with Crippen LogP contribution in [-0.2, 0) is 0 Å². The van der Waals surface area contributed by atoms with Gasteiger partial charge in [-0.05, 0) is 44.2 Å². The number of rotatable bonds is 1. The number of nitrogens with zero attached hydrogens (tertiary/aromatic N) is 3. The van der Waals surface area contributed by atoms with E-state index < -0.39 is 0 Å². The van der Waals surface area contributed by atoms with Crippen LogP contribution in [0.15, 0.2) is 48.9 Å². The predicted octanol–water partition coefficient (Wildman–Crippen LogP) is 4.93. The molecule has 28 heavy (non-hydrogen) atoms. The van der Waals surface area contributed by atoms with Gasteiger partial charge in [-0.15, -0.1) is 0 Å². The quantitative estimate of drug-likeness (QED) is 0.491. The Hall–Kier alpha value is -3.15. The van der Waals surface area contributed by atoms with E-state index in [1.165, 1.54) is 5.39 Å². The summed E-state index contributed by atoms with van der Waals surface area (Å²) in [6.07, 6.45) is 5.45. The molecule has 0 spiro atoms. The minimum Gasteiger partial charge on any atom is -0.355 e. The molecule has 0 aliphatic rings. The molecule has 0 saturated heterocycles. The number of H-pyrrole nitrogens is 1. The summed E-state index contributed by atoms with van der Waals surface area (Å²) >= 11 is 0. The van der Waals surface area contributed by atoms with Crippen molar-refractivity contribution in [3.8, 4) is 0 Å². The predicted molar refractivity (Wildman–Crippen MR) is 117 cm³/mol. The average molecular weight is 382 g/mol. The highest BCUT2D eigenvalue weighted by Crippen LogP contribution is 2.10. The molecule has 6 heteroatoms. The third-order valence-electron chi connectivity index (χ3n) is 3.59. The molecule has 0 fully saturated rings. The number of carbonyl (C=O) groups is 1. The topological polar surface area (TPSA) is 75.1 Å². The molecule has 0 bridgehead atoms. The first-order valence-electron chi connectivity index (χ1n) is 9.64. The van der Waals surface area contributed by atoms with Gasteiger partial charge in [0, 0.05) is 36.7 Å². The molecular weight excluding hydrogens is 350 g/mol. The standard InChI is InChI=1S/C10H11N3O.C8H8N2.2C2H6/c1-7-5-13-6-8(10(14)11-2)3-4-9(13)12-7;1-6-5-7-3-2-4-9-8(7)10-6;2*1-2/h3-6H,1-2H3,(H,11,14);2-5H,1H3,(H,9,10);2*1-2H3. The van der Waals surface area contributed by atoms with Gasteiger partial charge in [0.05, 0.1) is 11.3 Å². The number of hydrogen-bond donors (Lipinski definition) is 2. The van der Waals surface area contributed by atoms with Gasteiger partial charge >= 0.3 is 0 Å². The Bertz CT molecular complexity index is 967. The van der Waals surface area contributed by atoms with Crippen LogP contribution in [0.4, 0.5) is 0 Å². The first kappa shape index (κ1) is 22.9. The Labute approximate surface area is 167 Å². The van der Waals surface area contributed by atoms with Crippen LogP contribution in [0.2, 0.25) is 0 Å². The van der Waals surface area contributed by atoms with Crippen molar-refractivity contribution in [3.05, 3.63) is 65.9 Å². The van der Waals surface area contributed by atoms with Crippen LogP contribution < -0.4 is 5.32 Å². The molecule has 4 heterocycles. The highest BCUT2D eigenvalue weighted by molar-refractivity contribution is 5.93. The van der Waals surface area contributed by atoms with Gasteiger partial charge in [0.15, 0.2) is 0 Å². The summed E-state index contributed by atoms with van der Waals surface area (Å²) in [4.78, 5) is 22.9. The van der Waals surface area contributed by atoms with Crippen LogP contribution >= 0.6 is 0 Å². The van der Waals surface area contributed by atoms with Crippen molar-refractivity contribution in [3.63, 3.8) is 0 Å². The van der Waals surface area contributed by atoms with Crippen LogP contribution in [0.5, 0.6) is 0 Å². The molecule has 0 unspecified atom stereocenters. The van der Waals surface area contributed by atoms with E-state index in [1.807, 2.05) is 70.3 Å². The number of hydrogen-bond acceptors (Lipinski definition) is 3. The van der Waals surface area contributed by atoms with Crippen LogP contribution in [0.3, 0.4) is 0 Å². The van der Waals surface area contributed by atoms with Crippen molar-refractivity contribution in [1.29, 1.82) is 0 Å². The summed E-state index contributed by atoms with van der Waals surface area (Å²) in [5.74, 6) is -0.0850. The van der Waals surface area contributed by atoms with Gasteiger partial charge in [-0.25, -0.2) is 9.97 Å². The lowest BCUT2D eigenvalue weighted by atomic mass is 10.2. The van der Waals surface area contributed by atoms with Crippen molar-refractivity contribution in [1.82, 2.24) is 24.7 Å². The highest BCUT2D eigenvalue weighted by atomic mass is 16.1. The largest absolute Gasteiger partial charge is 0.355 e. The Balaban J connectivity index is 0.000000246. The molecular formula is C22H31N5O. The van der Waals surface area contributed by atoms with Gasteiger partial charge in [-0.2, -0.15) is 0 Å². The Morgan fingerprint density at radius 3 is 2.43 bits per heavy atom. The molecule has 0 aliphatic carbocycles. The van der Waals surface area contributed by atoms with E-state index in [0.717, 1.165) is 22.7 Å². The van der Waals surface area contributed by atoms with Crippen LogP contribution in [-0.4, -0.2) is 32.3 Å². The summed E-state index contributed by atoms with van der Waals surface area (Å²) in [5.41, 5.74) is 4.57. The Kier molecular flexibility index (Phi) is 9.43. The zero-order valence-corrected chi connectivity index (χ0v) is 17.9. The average Bonchev–Trinajstić information content (AvgIpc) is 3.30. The second-order valence-electron chi connectivity index (χ2n) is 5.54. The molecule has 0 aliphatic heterocycles. The van der Waals surface area contributed by atoms with Crippen molar-refractivity contribution in [2.45, 2.75) is 41.5 Å². The molecule has 2 N–H and O–H groups in total. The number of pyridine rings is 2. The summed E-state index contributed by atoms with van der Waals surface area (Å²) in [6.45, 7) is 12.0. The number of imidazole rings is 1. The Morgan fingerprint density at radius 1 is 1.07 bits per heavy atom. The van der Waals surface area contributed by atoms with Crippen molar-refractivity contribution >= 4 is 22.6 Å². The highest BCUT2D eigenvalue weighted by Gasteiger charge is 2.04. The summed E-state index contributed by atoms with van der Waals surface area (Å²) < 4.78 is 1.85. The van der Waals surface area contributed by atoms with E-state index in [4.69, 9.17) is 0 Å². The van der Waals surface area contributed by atoms with Gasteiger partial charge in [0.25, 0.3) is 5.91 Å². The maximum atomic E-state index is 11.3. The van der Waals surface area contributed by atoms with E-state index in [2.05, 4.69) is 26.3 Å². The summed E-state index contributed by atoms with van der Waals surface area (Å²) in [7, 11) is 1.62. The van der Waals surface area contributed by atoms with Gasteiger partial charge in [0.1, 0.15) is 11.3 Å². The van der Waals surface area contributed by atoms with Gasteiger partial charge < -0.3 is 14.7 Å².